The smallest absolute Gasteiger partial charge is 0.154 e. The highest BCUT2D eigenvalue weighted by Gasteiger charge is 2.21. The number of rotatable bonds is 5. The molecule has 0 aliphatic carbocycles. The molecule has 1 aliphatic heterocycles. The molecule has 0 aromatic carbocycles. The standard InChI is InChI=1S/C16H25N5/c1-3-6-17-12-14-4-8-20(9-5-14)16-15-11-13(2)19-21(15)10-7-18-16/h7,10-11,14,17H,3-6,8-9,12H2,1-2H3. The van der Waals surface area contributed by atoms with Gasteiger partial charge in [0.25, 0.3) is 0 Å². The Labute approximate surface area is 126 Å². The summed E-state index contributed by atoms with van der Waals surface area (Å²) in [5.41, 5.74) is 2.17. The van der Waals surface area contributed by atoms with Gasteiger partial charge in [-0.1, -0.05) is 6.92 Å². The molecular weight excluding hydrogens is 262 g/mol. The number of nitrogens with one attached hydrogen (secondary N) is 1. The first-order valence-electron chi connectivity index (χ1n) is 8.04. The molecular formula is C16H25N5. The average Bonchev–Trinajstić information content (AvgIpc) is 2.88. The zero-order chi connectivity index (χ0) is 14.7. The lowest BCUT2D eigenvalue weighted by Gasteiger charge is -2.33. The van der Waals surface area contributed by atoms with E-state index in [0.717, 1.165) is 49.1 Å². The highest BCUT2D eigenvalue weighted by atomic mass is 15.3. The van der Waals surface area contributed by atoms with Crippen LogP contribution in [0.15, 0.2) is 18.5 Å². The molecule has 3 heterocycles. The Hall–Kier alpha value is -1.62. The highest BCUT2D eigenvalue weighted by Crippen LogP contribution is 2.25. The number of anilines is 1. The minimum atomic E-state index is 0.805. The van der Waals surface area contributed by atoms with E-state index < -0.39 is 0 Å². The van der Waals surface area contributed by atoms with E-state index in [2.05, 4.69) is 33.3 Å². The summed E-state index contributed by atoms with van der Waals surface area (Å²) in [6.07, 6.45) is 7.47. The number of fused-ring (bicyclic) bond motifs is 1. The first-order valence-corrected chi connectivity index (χ1v) is 8.04. The van der Waals surface area contributed by atoms with Crippen LogP contribution in [0.4, 0.5) is 5.82 Å². The number of aromatic nitrogens is 3. The predicted octanol–water partition coefficient (Wildman–Crippen LogP) is 2.25. The number of hydrogen-bond donors (Lipinski definition) is 1. The van der Waals surface area contributed by atoms with Crippen LogP contribution in [0.3, 0.4) is 0 Å². The van der Waals surface area contributed by atoms with Crippen LogP contribution in [-0.2, 0) is 0 Å². The summed E-state index contributed by atoms with van der Waals surface area (Å²) in [4.78, 5) is 7.00. The Morgan fingerprint density at radius 3 is 2.90 bits per heavy atom. The van der Waals surface area contributed by atoms with Crippen LogP contribution in [0.25, 0.3) is 5.52 Å². The molecule has 21 heavy (non-hydrogen) atoms. The van der Waals surface area contributed by atoms with Gasteiger partial charge in [-0.25, -0.2) is 9.50 Å². The normalized spacial score (nSPS) is 16.8. The second kappa shape index (κ2) is 6.43. The van der Waals surface area contributed by atoms with E-state index in [9.17, 15) is 0 Å². The van der Waals surface area contributed by atoms with Crippen LogP contribution >= 0.6 is 0 Å². The molecule has 2 aromatic rings. The van der Waals surface area contributed by atoms with Crippen molar-refractivity contribution < 1.29 is 0 Å². The fourth-order valence-electron chi connectivity index (χ4n) is 3.11. The van der Waals surface area contributed by atoms with Gasteiger partial charge in [0.1, 0.15) is 5.52 Å². The molecule has 0 spiro atoms. The number of piperidine rings is 1. The molecule has 1 N–H and O–H groups in total. The molecule has 0 saturated carbocycles. The molecule has 3 rings (SSSR count). The number of aryl methyl sites for hydroxylation is 1. The largest absolute Gasteiger partial charge is 0.355 e. The first kappa shape index (κ1) is 14.3. The molecule has 1 saturated heterocycles. The van der Waals surface area contributed by atoms with Crippen molar-refractivity contribution in [2.24, 2.45) is 5.92 Å². The van der Waals surface area contributed by atoms with E-state index in [4.69, 9.17) is 0 Å². The summed E-state index contributed by atoms with van der Waals surface area (Å²) >= 11 is 0. The summed E-state index contributed by atoms with van der Waals surface area (Å²) in [5, 5.41) is 8.02. The molecule has 0 radical (unpaired) electrons. The van der Waals surface area contributed by atoms with Gasteiger partial charge >= 0.3 is 0 Å². The van der Waals surface area contributed by atoms with Crippen molar-refractivity contribution in [3.63, 3.8) is 0 Å². The minimum absolute atomic E-state index is 0.805. The molecule has 5 nitrogen and oxygen atoms in total. The molecule has 0 amide bonds. The zero-order valence-electron chi connectivity index (χ0n) is 13.0. The van der Waals surface area contributed by atoms with Gasteiger partial charge in [-0.15, -0.1) is 0 Å². The highest BCUT2D eigenvalue weighted by molar-refractivity contribution is 5.69. The third-order valence-electron chi connectivity index (χ3n) is 4.27. The summed E-state index contributed by atoms with van der Waals surface area (Å²) in [6.45, 7) is 8.73. The van der Waals surface area contributed by atoms with Crippen molar-refractivity contribution >= 4 is 11.3 Å². The Morgan fingerprint density at radius 2 is 2.14 bits per heavy atom. The molecule has 2 aromatic heterocycles. The quantitative estimate of drug-likeness (QED) is 0.857. The average molecular weight is 287 g/mol. The van der Waals surface area contributed by atoms with Crippen LogP contribution in [0.5, 0.6) is 0 Å². The van der Waals surface area contributed by atoms with Gasteiger partial charge in [0, 0.05) is 25.5 Å². The summed E-state index contributed by atoms with van der Waals surface area (Å²) in [7, 11) is 0. The van der Waals surface area contributed by atoms with Crippen molar-refractivity contribution in [3.05, 3.63) is 24.2 Å². The molecule has 0 unspecified atom stereocenters. The van der Waals surface area contributed by atoms with Crippen molar-refractivity contribution in [1.29, 1.82) is 0 Å². The van der Waals surface area contributed by atoms with Crippen LogP contribution in [0, 0.1) is 12.8 Å². The van der Waals surface area contributed by atoms with E-state index in [0.29, 0.717) is 0 Å². The third-order valence-corrected chi connectivity index (χ3v) is 4.27. The predicted molar refractivity (Wildman–Crippen MR) is 85.8 cm³/mol. The fraction of sp³-hybridized carbons (Fsp3) is 0.625. The maximum Gasteiger partial charge on any atom is 0.154 e. The molecule has 5 heteroatoms. The van der Waals surface area contributed by atoms with Crippen molar-refractivity contribution in [2.45, 2.75) is 33.1 Å². The Kier molecular flexibility index (Phi) is 4.39. The van der Waals surface area contributed by atoms with E-state index in [1.54, 1.807) is 0 Å². The van der Waals surface area contributed by atoms with Crippen LogP contribution in [0.1, 0.15) is 31.9 Å². The fourth-order valence-corrected chi connectivity index (χ4v) is 3.11. The van der Waals surface area contributed by atoms with E-state index in [1.807, 2.05) is 23.8 Å². The van der Waals surface area contributed by atoms with E-state index in [1.165, 1.54) is 19.3 Å². The lowest BCUT2D eigenvalue weighted by Crippen LogP contribution is -2.38. The number of hydrogen-bond acceptors (Lipinski definition) is 4. The van der Waals surface area contributed by atoms with Gasteiger partial charge in [-0.2, -0.15) is 5.10 Å². The summed E-state index contributed by atoms with van der Waals surface area (Å²) in [6, 6.07) is 2.12. The maximum absolute atomic E-state index is 4.59. The maximum atomic E-state index is 4.59. The Morgan fingerprint density at radius 1 is 1.33 bits per heavy atom. The zero-order valence-corrected chi connectivity index (χ0v) is 13.0. The molecule has 0 bridgehead atoms. The lowest BCUT2D eigenvalue weighted by molar-refractivity contribution is 0.382. The summed E-state index contributed by atoms with van der Waals surface area (Å²) in [5.74, 6) is 1.89. The molecule has 0 atom stereocenters. The van der Waals surface area contributed by atoms with E-state index in [-0.39, 0.29) is 0 Å². The van der Waals surface area contributed by atoms with Gasteiger partial charge in [-0.3, -0.25) is 0 Å². The second-order valence-corrected chi connectivity index (χ2v) is 6.00. The van der Waals surface area contributed by atoms with Gasteiger partial charge in [-0.05, 0) is 51.3 Å². The monoisotopic (exact) mass is 287 g/mol. The molecule has 1 aliphatic rings. The summed E-state index contributed by atoms with van der Waals surface area (Å²) < 4.78 is 1.94. The minimum Gasteiger partial charge on any atom is -0.355 e. The van der Waals surface area contributed by atoms with Gasteiger partial charge in [0.05, 0.1) is 5.69 Å². The molecule has 114 valence electrons. The van der Waals surface area contributed by atoms with Crippen molar-refractivity contribution in [3.8, 4) is 0 Å². The Balaban J connectivity index is 1.65. The lowest BCUT2D eigenvalue weighted by atomic mass is 9.96. The van der Waals surface area contributed by atoms with Gasteiger partial charge < -0.3 is 10.2 Å². The van der Waals surface area contributed by atoms with Crippen LogP contribution < -0.4 is 10.2 Å². The number of nitrogens with zero attached hydrogens (tertiary/aromatic N) is 4. The van der Waals surface area contributed by atoms with Crippen molar-refractivity contribution in [1.82, 2.24) is 19.9 Å². The van der Waals surface area contributed by atoms with Gasteiger partial charge in [0.2, 0.25) is 0 Å². The molecule has 1 fully saturated rings. The first-order chi connectivity index (χ1) is 10.3. The SMILES string of the molecule is CCCNCC1CCN(c2nccn3nc(C)cc23)CC1. The second-order valence-electron chi connectivity index (χ2n) is 6.00. The van der Waals surface area contributed by atoms with Crippen molar-refractivity contribution in [2.75, 3.05) is 31.1 Å². The van der Waals surface area contributed by atoms with Gasteiger partial charge in [0.15, 0.2) is 5.82 Å². The Bertz CT molecular complexity index is 583. The van der Waals surface area contributed by atoms with Crippen LogP contribution in [0.2, 0.25) is 0 Å². The topological polar surface area (TPSA) is 45.5 Å². The third kappa shape index (κ3) is 3.18. The van der Waals surface area contributed by atoms with Crippen LogP contribution in [-0.4, -0.2) is 40.8 Å². The van der Waals surface area contributed by atoms with E-state index >= 15 is 0 Å².